The average Bonchev–Trinajstić information content (AvgIpc) is 2.69. The van der Waals surface area contributed by atoms with E-state index in [-0.39, 0.29) is 5.91 Å². The molecule has 5 heteroatoms. The molecule has 1 aliphatic carbocycles. The van der Waals surface area contributed by atoms with Gasteiger partial charge in [0.2, 0.25) is 5.91 Å². The van der Waals surface area contributed by atoms with Crippen LogP contribution in [-0.2, 0) is 4.79 Å². The molecule has 0 bridgehead atoms. The van der Waals surface area contributed by atoms with Crippen molar-refractivity contribution in [1.29, 1.82) is 0 Å². The highest BCUT2D eigenvalue weighted by Gasteiger charge is 2.13. The molecule has 2 N–H and O–H groups in total. The Kier molecular flexibility index (Phi) is 6.14. The molecule has 1 aromatic carbocycles. The van der Waals surface area contributed by atoms with E-state index < -0.39 is 0 Å². The van der Waals surface area contributed by atoms with E-state index in [0.29, 0.717) is 28.3 Å². The summed E-state index contributed by atoms with van der Waals surface area (Å²) in [5.41, 5.74) is 0.562. The zero-order valence-electron chi connectivity index (χ0n) is 11.4. The van der Waals surface area contributed by atoms with Crippen LogP contribution in [0.1, 0.15) is 38.5 Å². The molecule has 20 heavy (non-hydrogen) atoms. The first-order chi connectivity index (χ1) is 9.65. The lowest BCUT2D eigenvalue weighted by Crippen LogP contribution is -2.35. The Bertz CT molecular complexity index is 457. The maximum absolute atomic E-state index is 11.9. The zero-order valence-corrected chi connectivity index (χ0v) is 12.9. The van der Waals surface area contributed by atoms with Crippen molar-refractivity contribution >= 4 is 34.8 Å². The van der Waals surface area contributed by atoms with Crippen molar-refractivity contribution in [2.75, 3.05) is 11.9 Å². The molecular weight excluding hydrogens is 295 g/mol. The van der Waals surface area contributed by atoms with Crippen molar-refractivity contribution < 1.29 is 4.79 Å². The van der Waals surface area contributed by atoms with Gasteiger partial charge < -0.3 is 10.6 Å². The molecule has 0 aliphatic heterocycles. The minimum atomic E-state index is -0.0848. The smallest absolute Gasteiger partial charge is 0.238 e. The number of anilines is 1. The average molecular weight is 315 g/mol. The van der Waals surface area contributed by atoms with Crippen LogP contribution < -0.4 is 10.6 Å². The molecule has 1 aromatic rings. The maximum atomic E-state index is 11.9. The molecular formula is C15H20Cl2N2O. The minimum absolute atomic E-state index is 0.0848. The number of carbonyl (C=O) groups is 1. The Morgan fingerprint density at radius 2 is 1.85 bits per heavy atom. The molecule has 0 atom stereocenters. The van der Waals surface area contributed by atoms with Gasteiger partial charge in [-0.1, -0.05) is 48.9 Å². The second-order valence-corrected chi connectivity index (χ2v) is 6.09. The second-order valence-electron chi connectivity index (χ2n) is 5.24. The number of rotatable bonds is 4. The summed E-state index contributed by atoms with van der Waals surface area (Å²) >= 11 is 11.9. The molecule has 0 radical (unpaired) electrons. The first-order valence-electron chi connectivity index (χ1n) is 7.13. The third-order valence-electron chi connectivity index (χ3n) is 3.61. The van der Waals surface area contributed by atoms with Crippen LogP contribution in [0.4, 0.5) is 5.69 Å². The summed E-state index contributed by atoms with van der Waals surface area (Å²) in [4.78, 5) is 11.9. The molecule has 1 saturated carbocycles. The molecule has 0 aromatic heterocycles. The first-order valence-corrected chi connectivity index (χ1v) is 7.89. The zero-order chi connectivity index (χ0) is 14.4. The summed E-state index contributed by atoms with van der Waals surface area (Å²) in [5, 5.41) is 7.17. The van der Waals surface area contributed by atoms with Crippen LogP contribution in [0.2, 0.25) is 10.0 Å². The monoisotopic (exact) mass is 314 g/mol. The third-order valence-corrected chi connectivity index (χ3v) is 4.17. The summed E-state index contributed by atoms with van der Waals surface area (Å²) in [6, 6.07) is 5.49. The molecule has 110 valence electrons. The third kappa shape index (κ3) is 4.97. The lowest BCUT2D eigenvalue weighted by atomic mass is 10.1. The van der Waals surface area contributed by atoms with Crippen LogP contribution >= 0.6 is 23.2 Å². The Hall–Kier alpha value is -0.770. The molecule has 0 heterocycles. The van der Waals surface area contributed by atoms with Gasteiger partial charge in [0.25, 0.3) is 0 Å². The first kappa shape index (κ1) is 15.6. The Labute approximate surface area is 130 Å². The fourth-order valence-electron chi connectivity index (χ4n) is 2.51. The van der Waals surface area contributed by atoms with E-state index in [9.17, 15) is 4.79 Å². The van der Waals surface area contributed by atoms with E-state index in [1.165, 1.54) is 25.7 Å². The SMILES string of the molecule is O=C(CNC1CCCCCC1)Nc1cc(Cl)ccc1Cl. The fraction of sp³-hybridized carbons (Fsp3) is 0.533. The predicted octanol–water partition coefficient (Wildman–Crippen LogP) is 4.24. The molecule has 1 aliphatic rings. The number of amides is 1. The van der Waals surface area contributed by atoms with Gasteiger partial charge in [-0.25, -0.2) is 0 Å². The molecule has 1 fully saturated rings. The summed E-state index contributed by atoms with van der Waals surface area (Å²) in [6.07, 6.45) is 7.43. The van der Waals surface area contributed by atoms with E-state index in [0.717, 1.165) is 12.8 Å². The highest BCUT2D eigenvalue weighted by Crippen LogP contribution is 2.25. The molecule has 0 saturated heterocycles. The number of benzene rings is 1. The van der Waals surface area contributed by atoms with Gasteiger partial charge in [-0.05, 0) is 31.0 Å². The molecule has 0 unspecified atom stereocenters. The van der Waals surface area contributed by atoms with Gasteiger partial charge in [-0.2, -0.15) is 0 Å². The summed E-state index contributed by atoms with van der Waals surface area (Å²) in [7, 11) is 0. The number of hydrogen-bond acceptors (Lipinski definition) is 2. The number of halogens is 2. The summed E-state index contributed by atoms with van der Waals surface area (Å²) < 4.78 is 0. The van der Waals surface area contributed by atoms with Crippen molar-refractivity contribution in [2.24, 2.45) is 0 Å². The number of nitrogens with one attached hydrogen (secondary N) is 2. The largest absolute Gasteiger partial charge is 0.324 e. The normalized spacial score (nSPS) is 16.7. The van der Waals surface area contributed by atoms with Gasteiger partial charge in [0.1, 0.15) is 0 Å². The van der Waals surface area contributed by atoms with Gasteiger partial charge in [0.15, 0.2) is 0 Å². The molecule has 3 nitrogen and oxygen atoms in total. The van der Waals surface area contributed by atoms with E-state index in [1.54, 1.807) is 18.2 Å². The van der Waals surface area contributed by atoms with Crippen LogP contribution in [0.15, 0.2) is 18.2 Å². The van der Waals surface area contributed by atoms with Gasteiger partial charge in [0, 0.05) is 11.1 Å². The van der Waals surface area contributed by atoms with Gasteiger partial charge >= 0.3 is 0 Å². The molecule has 0 spiro atoms. The van der Waals surface area contributed by atoms with Gasteiger partial charge in [-0.15, -0.1) is 0 Å². The van der Waals surface area contributed by atoms with Gasteiger partial charge in [0.05, 0.1) is 17.3 Å². The second kappa shape index (κ2) is 7.87. The van der Waals surface area contributed by atoms with Crippen molar-refractivity contribution in [3.63, 3.8) is 0 Å². The fourth-order valence-corrected chi connectivity index (χ4v) is 2.85. The topological polar surface area (TPSA) is 41.1 Å². The quantitative estimate of drug-likeness (QED) is 0.816. The number of hydrogen-bond donors (Lipinski definition) is 2. The summed E-state index contributed by atoms with van der Waals surface area (Å²) in [6.45, 7) is 0.313. The van der Waals surface area contributed by atoms with Crippen molar-refractivity contribution in [3.8, 4) is 0 Å². The van der Waals surface area contributed by atoms with E-state index in [4.69, 9.17) is 23.2 Å². The molecule has 2 rings (SSSR count). The lowest BCUT2D eigenvalue weighted by Gasteiger charge is -2.16. The number of carbonyl (C=O) groups excluding carboxylic acids is 1. The molecule has 1 amide bonds. The Morgan fingerprint density at radius 3 is 2.55 bits per heavy atom. The highest BCUT2D eigenvalue weighted by atomic mass is 35.5. The van der Waals surface area contributed by atoms with Crippen LogP contribution in [0, 0.1) is 0 Å². The van der Waals surface area contributed by atoms with Gasteiger partial charge in [-0.3, -0.25) is 4.79 Å². The minimum Gasteiger partial charge on any atom is -0.324 e. The highest BCUT2D eigenvalue weighted by molar-refractivity contribution is 6.35. The van der Waals surface area contributed by atoms with Crippen LogP contribution in [0.3, 0.4) is 0 Å². The maximum Gasteiger partial charge on any atom is 0.238 e. The van der Waals surface area contributed by atoms with Crippen LogP contribution in [0.5, 0.6) is 0 Å². The van der Waals surface area contributed by atoms with Crippen LogP contribution in [-0.4, -0.2) is 18.5 Å². The van der Waals surface area contributed by atoms with Crippen molar-refractivity contribution in [3.05, 3.63) is 28.2 Å². The lowest BCUT2D eigenvalue weighted by molar-refractivity contribution is -0.115. The van der Waals surface area contributed by atoms with E-state index in [2.05, 4.69) is 10.6 Å². The van der Waals surface area contributed by atoms with Crippen molar-refractivity contribution in [1.82, 2.24) is 5.32 Å². The standard InChI is InChI=1S/C15H20Cl2N2O/c16-11-7-8-13(17)14(9-11)19-15(20)10-18-12-5-3-1-2-4-6-12/h7-9,12,18H,1-6,10H2,(H,19,20). The Balaban J connectivity index is 1.81. The summed E-state index contributed by atoms with van der Waals surface area (Å²) in [5.74, 6) is -0.0848. The van der Waals surface area contributed by atoms with Crippen LogP contribution in [0.25, 0.3) is 0 Å². The van der Waals surface area contributed by atoms with Crippen molar-refractivity contribution in [2.45, 2.75) is 44.6 Å². The van der Waals surface area contributed by atoms with E-state index >= 15 is 0 Å². The van der Waals surface area contributed by atoms with E-state index in [1.807, 2.05) is 0 Å². The predicted molar refractivity (Wildman–Crippen MR) is 84.6 cm³/mol. The Morgan fingerprint density at radius 1 is 1.15 bits per heavy atom.